The van der Waals surface area contributed by atoms with Crippen LogP contribution in [0.5, 0.6) is 0 Å². The quantitative estimate of drug-likeness (QED) is 0.838. The number of sulfonamides is 1. The maximum atomic E-state index is 13.6. The molecule has 1 saturated heterocycles. The van der Waals surface area contributed by atoms with Crippen molar-refractivity contribution in [2.75, 3.05) is 32.7 Å². The highest BCUT2D eigenvalue weighted by molar-refractivity contribution is 7.89. The molecule has 1 fully saturated rings. The number of halogens is 1. The second-order valence-electron chi connectivity index (χ2n) is 4.82. The van der Waals surface area contributed by atoms with Gasteiger partial charge < -0.3 is 5.73 Å². The van der Waals surface area contributed by atoms with Gasteiger partial charge in [-0.3, -0.25) is 4.90 Å². The van der Waals surface area contributed by atoms with Gasteiger partial charge >= 0.3 is 0 Å². The molecule has 0 aliphatic carbocycles. The smallest absolute Gasteiger partial charge is 0.263 e. The normalized spacial score (nSPS) is 19.9. The van der Waals surface area contributed by atoms with Crippen LogP contribution < -0.4 is 5.73 Å². The third kappa shape index (κ3) is 2.98. The third-order valence-corrected chi connectivity index (χ3v) is 5.38. The summed E-state index contributed by atoms with van der Waals surface area (Å²) < 4.78 is 39.5. The Morgan fingerprint density at radius 1 is 1.40 bits per heavy atom. The number of rotatable bonds is 4. The van der Waals surface area contributed by atoms with Gasteiger partial charge in [-0.25, -0.2) is 17.8 Å². The number of nitrogens with zero attached hydrogens (tertiary/aromatic N) is 3. The summed E-state index contributed by atoms with van der Waals surface area (Å²) in [6, 6.07) is 2.69. The Morgan fingerprint density at radius 2 is 2.05 bits per heavy atom. The average molecular weight is 302 g/mol. The van der Waals surface area contributed by atoms with Crippen LogP contribution in [0, 0.1) is 5.82 Å². The van der Waals surface area contributed by atoms with E-state index in [1.54, 1.807) is 0 Å². The summed E-state index contributed by atoms with van der Waals surface area (Å²) in [6.45, 7) is 4.35. The molecule has 20 heavy (non-hydrogen) atoms. The number of aromatic nitrogens is 1. The Kier molecular flexibility index (Phi) is 4.69. The van der Waals surface area contributed by atoms with E-state index in [0.29, 0.717) is 32.7 Å². The predicted octanol–water partition coefficient (Wildman–Crippen LogP) is -0.126. The molecule has 0 bridgehead atoms. The van der Waals surface area contributed by atoms with Gasteiger partial charge in [-0.05, 0) is 19.1 Å². The number of piperazine rings is 1. The summed E-state index contributed by atoms with van der Waals surface area (Å²) >= 11 is 0. The van der Waals surface area contributed by atoms with Gasteiger partial charge in [-0.2, -0.15) is 4.31 Å². The molecule has 1 aromatic heterocycles. The Labute approximate surface area is 118 Å². The molecule has 112 valence electrons. The lowest BCUT2D eigenvalue weighted by atomic mass is 10.2. The van der Waals surface area contributed by atoms with Crippen LogP contribution in [0.2, 0.25) is 0 Å². The lowest BCUT2D eigenvalue weighted by Gasteiger charge is -2.36. The minimum Gasteiger partial charge on any atom is -0.329 e. The highest BCUT2D eigenvalue weighted by Crippen LogP contribution is 2.18. The van der Waals surface area contributed by atoms with Gasteiger partial charge in [-0.1, -0.05) is 0 Å². The monoisotopic (exact) mass is 302 g/mol. The fourth-order valence-corrected chi connectivity index (χ4v) is 3.61. The summed E-state index contributed by atoms with van der Waals surface area (Å²) in [4.78, 5) is 5.78. The first-order chi connectivity index (χ1) is 9.46. The summed E-state index contributed by atoms with van der Waals surface area (Å²) in [6.07, 6.45) is 1.28. The van der Waals surface area contributed by atoms with Gasteiger partial charge in [0.05, 0.1) is 0 Å². The van der Waals surface area contributed by atoms with Crippen molar-refractivity contribution in [1.82, 2.24) is 14.2 Å². The summed E-state index contributed by atoms with van der Waals surface area (Å²) in [5.74, 6) is -0.815. The van der Waals surface area contributed by atoms with Crippen LogP contribution in [0.25, 0.3) is 0 Å². The molecule has 2 rings (SSSR count). The molecule has 0 aromatic carbocycles. The zero-order valence-electron chi connectivity index (χ0n) is 11.4. The molecular formula is C12H19FN4O2S. The van der Waals surface area contributed by atoms with Crippen molar-refractivity contribution < 1.29 is 12.8 Å². The Morgan fingerprint density at radius 3 is 2.60 bits per heavy atom. The second-order valence-corrected chi connectivity index (χ2v) is 6.67. The van der Waals surface area contributed by atoms with Crippen molar-refractivity contribution in [1.29, 1.82) is 0 Å². The van der Waals surface area contributed by atoms with E-state index in [-0.39, 0.29) is 6.04 Å². The number of hydrogen-bond donors (Lipinski definition) is 1. The molecule has 1 unspecified atom stereocenters. The molecule has 0 amide bonds. The topological polar surface area (TPSA) is 79.5 Å². The molecular weight excluding hydrogens is 283 g/mol. The Balaban J connectivity index is 2.12. The lowest BCUT2D eigenvalue weighted by Crippen LogP contribution is -2.52. The van der Waals surface area contributed by atoms with Crippen LogP contribution in [0.3, 0.4) is 0 Å². The van der Waals surface area contributed by atoms with Crippen LogP contribution >= 0.6 is 0 Å². The molecule has 0 radical (unpaired) electrons. The summed E-state index contributed by atoms with van der Waals surface area (Å²) in [5, 5.41) is -0.500. The highest BCUT2D eigenvalue weighted by Gasteiger charge is 2.32. The van der Waals surface area contributed by atoms with Gasteiger partial charge in [0.15, 0.2) is 5.82 Å². The number of nitrogens with two attached hydrogens (primary N) is 1. The largest absolute Gasteiger partial charge is 0.329 e. The predicted molar refractivity (Wildman–Crippen MR) is 73.0 cm³/mol. The van der Waals surface area contributed by atoms with Crippen LogP contribution in [0.1, 0.15) is 6.92 Å². The molecule has 0 spiro atoms. The Hall–Kier alpha value is -1.09. The van der Waals surface area contributed by atoms with E-state index in [1.165, 1.54) is 16.6 Å². The fraction of sp³-hybridized carbons (Fsp3) is 0.583. The van der Waals surface area contributed by atoms with Gasteiger partial charge in [0.1, 0.15) is 0 Å². The maximum Gasteiger partial charge on any atom is 0.263 e. The van der Waals surface area contributed by atoms with E-state index in [2.05, 4.69) is 9.88 Å². The average Bonchev–Trinajstić information content (AvgIpc) is 2.47. The van der Waals surface area contributed by atoms with E-state index in [1.807, 2.05) is 6.92 Å². The third-order valence-electron chi connectivity index (χ3n) is 3.55. The van der Waals surface area contributed by atoms with Crippen LogP contribution in [0.4, 0.5) is 4.39 Å². The standard InChI is InChI=1S/C12H19FN4O2S/c1-10(9-14)16-5-7-17(8-6-16)20(18,19)12-11(13)3-2-4-15-12/h2-4,10H,5-9,14H2,1H3. The van der Waals surface area contributed by atoms with E-state index < -0.39 is 20.9 Å². The minimum absolute atomic E-state index is 0.214. The first kappa shape index (κ1) is 15.3. The van der Waals surface area contributed by atoms with Gasteiger partial charge in [0, 0.05) is 45.0 Å². The van der Waals surface area contributed by atoms with Crippen molar-refractivity contribution in [3.63, 3.8) is 0 Å². The molecule has 1 aliphatic heterocycles. The van der Waals surface area contributed by atoms with Crippen LogP contribution in [-0.2, 0) is 10.0 Å². The van der Waals surface area contributed by atoms with Crippen molar-refractivity contribution in [3.8, 4) is 0 Å². The first-order valence-electron chi connectivity index (χ1n) is 6.51. The zero-order chi connectivity index (χ0) is 14.8. The fourth-order valence-electron chi connectivity index (χ4n) is 2.22. The van der Waals surface area contributed by atoms with Gasteiger partial charge in [0.2, 0.25) is 5.03 Å². The van der Waals surface area contributed by atoms with E-state index in [0.717, 1.165) is 6.07 Å². The zero-order valence-corrected chi connectivity index (χ0v) is 12.2. The molecule has 1 aliphatic rings. The van der Waals surface area contributed by atoms with E-state index >= 15 is 0 Å². The molecule has 1 atom stereocenters. The van der Waals surface area contributed by atoms with Crippen molar-refractivity contribution in [2.24, 2.45) is 5.73 Å². The summed E-state index contributed by atoms with van der Waals surface area (Å²) in [7, 11) is -3.86. The second kappa shape index (κ2) is 6.13. The molecule has 2 N–H and O–H groups in total. The summed E-state index contributed by atoms with van der Waals surface area (Å²) in [5.41, 5.74) is 5.60. The van der Waals surface area contributed by atoms with E-state index in [4.69, 9.17) is 5.73 Å². The van der Waals surface area contributed by atoms with Crippen molar-refractivity contribution in [2.45, 2.75) is 18.0 Å². The molecule has 0 saturated carbocycles. The van der Waals surface area contributed by atoms with E-state index in [9.17, 15) is 12.8 Å². The first-order valence-corrected chi connectivity index (χ1v) is 7.95. The van der Waals surface area contributed by atoms with Crippen molar-refractivity contribution >= 4 is 10.0 Å². The van der Waals surface area contributed by atoms with Crippen molar-refractivity contribution in [3.05, 3.63) is 24.1 Å². The number of hydrogen-bond acceptors (Lipinski definition) is 5. The minimum atomic E-state index is -3.86. The van der Waals surface area contributed by atoms with Gasteiger partial charge in [-0.15, -0.1) is 0 Å². The van der Waals surface area contributed by atoms with Crippen LogP contribution in [0.15, 0.2) is 23.4 Å². The SMILES string of the molecule is CC(CN)N1CCN(S(=O)(=O)c2ncccc2F)CC1. The number of pyridine rings is 1. The molecule has 6 nitrogen and oxygen atoms in total. The molecule has 8 heteroatoms. The Bertz CT molecular complexity index is 558. The highest BCUT2D eigenvalue weighted by atomic mass is 32.2. The lowest BCUT2D eigenvalue weighted by molar-refractivity contribution is 0.148. The van der Waals surface area contributed by atoms with Gasteiger partial charge in [0.25, 0.3) is 10.0 Å². The maximum absolute atomic E-state index is 13.6. The molecule has 2 heterocycles. The molecule has 1 aromatic rings. The van der Waals surface area contributed by atoms with Crippen LogP contribution in [-0.4, -0.2) is 61.4 Å².